The molecular weight excluding hydrogens is 348 g/mol. The van der Waals surface area contributed by atoms with Crippen LogP contribution in [0, 0.1) is 0 Å². The zero-order chi connectivity index (χ0) is 19.9. The van der Waals surface area contributed by atoms with Gasteiger partial charge in [0.2, 0.25) is 0 Å². The molecular formula is C20H22N2O5. The van der Waals surface area contributed by atoms with Gasteiger partial charge in [-0.15, -0.1) is 0 Å². The number of ether oxygens (including phenoxy) is 1. The third-order valence-electron chi connectivity index (χ3n) is 4.39. The highest BCUT2D eigenvalue weighted by molar-refractivity contribution is 5.97. The van der Waals surface area contributed by atoms with E-state index in [1.54, 1.807) is 55.5 Å². The lowest BCUT2D eigenvalue weighted by Crippen LogP contribution is -2.46. The molecule has 2 rings (SSSR count). The van der Waals surface area contributed by atoms with Gasteiger partial charge in [0.15, 0.2) is 6.61 Å². The van der Waals surface area contributed by atoms with Gasteiger partial charge in [0.25, 0.3) is 11.8 Å². The van der Waals surface area contributed by atoms with Crippen molar-refractivity contribution in [3.05, 3.63) is 65.7 Å². The highest BCUT2D eigenvalue weighted by atomic mass is 16.5. The minimum absolute atomic E-state index is 0.0914. The number of carboxylic acid groups (broad SMARTS) is 1. The van der Waals surface area contributed by atoms with Crippen molar-refractivity contribution in [2.75, 3.05) is 13.2 Å². The third kappa shape index (κ3) is 4.63. The number of amides is 2. The molecule has 2 aromatic rings. The second kappa shape index (κ2) is 8.84. The number of carbonyl (C=O) groups excluding carboxylic acids is 2. The molecule has 2 aromatic carbocycles. The van der Waals surface area contributed by atoms with Gasteiger partial charge in [-0.3, -0.25) is 14.4 Å². The number of carbonyl (C=O) groups is 3. The van der Waals surface area contributed by atoms with Crippen LogP contribution in [0.2, 0.25) is 0 Å². The quantitative estimate of drug-likeness (QED) is 0.621. The lowest BCUT2D eigenvalue weighted by molar-refractivity contribution is -0.143. The minimum atomic E-state index is -1.25. The highest BCUT2D eigenvalue weighted by Gasteiger charge is 2.39. The van der Waals surface area contributed by atoms with E-state index in [-0.39, 0.29) is 24.5 Å². The number of nitrogens with one attached hydrogen (secondary N) is 1. The Hall–Kier alpha value is -3.35. The largest absolute Gasteiger partial charge is 0.483 e. The van der Waals surface area contributed by atoms with Gasteiger partial charge in [0.1, 0.15) is 11.2 Å². The lowest BCUT2D eigenvalue weighted by Gasteiger charge is -2.29. The first-order chi connectivity index (χ1) is 12.9. The number of para-hydroxylation sites is 1. The first-order valence-electron chi connectivity index (χ1n) is 8.48. The molecule has 0 aliphatic carbocycles. The maximum absolute atomic E-state index is 12.6. The zero-order valence-electron chi connectivity index (χ0n) is 15.0. The Balaban J connectivity index is 2.22. The topological polar surface area (TPSA) is 119 Å². The van der Waals surface area contributed by atoms with Crippen molar-refractivity contribution in [2.45, 2.75) is 18.8 Å². The van der Waals surface area contributed by atoms with Crippen molar-refractivity contribution in [2.24, 2.45) is 5.73 Å². The van der Waals surface area contributed by atoms with Crippen LogP contribution < -0.4 is 15.8 Å². The molecule has 0 aromatic heterocycles. The molecule has 4 N–H and O–H groups in total. The van der Waals surface area contributed by atoms with Crippen LogP contribution in [0.5, 0.6) is 5.75 Å². The Bertz CT molecular complexity index is 822. The molecule has 0 saturated carbocycles. The second-order valence-electron chi connectivity index (χ2n) is 6.04. The third-order valence-corrected chi connectivity index (χ3v) is 4.39. The smallest absolute Gasteiger partial charge is 0.315 e. The van der Waals surface area contributed by atoms with Crippen LogP contribution in [-0.2, 0) is 15.0 Å². The molecule has 7 nitrogen and oxygen atoms in total. The number of hydrogen-bond donors (Lipinski definition) is 3. The molecule has 0 saturated heterocycles. The van der Waals surface area contributed by atoms with Crippen molar-refractivity contribution in [1.29, 1.82) is 0 Å². The molecule has 0 aliphatic rings. The number of aliphatic carboxylic acids is 1. The summed E-state index contributed by atoms with van der Waals surface area (Å²) in [6.07, 6.45) is 0.298. The monoisotopic (exact) mass is 370 g/mol. The highest BCUT2D eigenvalue weighted by Crippen LogP contribution is 2.28. The molecule has 0 spiro atoms. The van der Waals surface area contributed by atoms with Crippen molar-refractivity contribution < 1.29 is 24.2 Å². The minimum Gasteiger partial charge on any atom is -0.483 e. The van der Waals surface area contributed by atoms with Gasteiger partial charge in [-0.25, -0.2) is 0 Å². The summed E-state index contributed by atoms with van der Waals surface area (Å²) in [5.74, 6) is -1.98. The van der Waals surface area contributed by atoms with E-state index in [0.717, 1.165) is 0 Å². The summed E-state index contributed by atoms with van der Waals surface area (Å²) in [5.41, 5.74) is 4.62. The van der Waals surface area contributed by atoms with Gasteiger partial charge >= 0.3 is 5.97 Å². The van der Waals surface area contributed by atoms with Crippen LogP contribution in [0.1, 0.15) is 29.3 Å². The Labute approximate surface area is 157 Å². The van der Waals surface area contributed by atoms with Gasteiger partial charge in [-0.05, 0) is 24.1 Å². The zero-order valence-corrected chi connectivity index (χ0v) is 15.0. The Morgan fingerprint density at radius 2 is 1.70 bits per heavy atom. The predicted octanol–water partition coefficient (Wildman–Crippen LogP) is 1.71. The van der Waals surface area contributed by atoms with Gasteiger partial charge in [-0.1, -0.05) is 49.4 Å². The van der Waals surface area contributed by atoms with E-state index in [4.69, 9.17) is 10.5 Å². The molecule has 142 valence electrons. The SMILES string of the molecule is CCC(CNC(=O)c1ccccc1OCC(N)=O)(C(=O)O)c1ccccc1. The van der Waals surface area contributed by atoms with Gasteiger partial charge in [0, 0.05) is 6.54 Å². The van der Waals surface area contributed by atoms with Crippen molar-refractivity contribution >= 4 is 17.8 Å². The summed E-state index contributed by atoms with van der Waals surface area (Å²) < 4.78 is 5.26. The number of nitrogens with two attached hydrogens (primary N) is 1. The Kier molecular flexibility index (Phi) is 6.54. The van der Waals surface area contributed by atoms with Crippen molar-refractivity contribution in [3.63, 3.8) is 0 Å². The average molecular weight is 370 g/mol. The first-order valence-corrected chi connectivity index (χ1v) is 8.48. The van der Waals surface area contributed by atoms with Crippen LogP contribution in [0.4, 0.5) is 0 Å². The van der Waals surface area contributed by atoms with Crippen molar-refractivity contribution in [3.8, 4) is 5.75 Å². The summed E-state index contributed by atoms with van der Waals surface area (Å²) in [5, 5.41) is 12.5. The van der Waals surface area contributed by atoms with E-state index in [1.807, 2.05) is 0 Å². The second-order valence-corrected chi connectivity index (χ2v) is 6.04. The van der Waals surface area contributed by atoms with Crippen LogP contribution in [0.25, 0.3) is 0 Å². The molecule has 0 bridgehead atoms. The van der Waals surface area contributed by atoms with Gasteiger partial charge in [0.05, 0.1) is 5.56 Å². The lowest BCUT2D eigenvalue weighted by atomic mass is 9.78. The molecule has 1 unspecified atom stereocenters. The molecule has 0 heterocycles. The summed E-state index contributed by atoms with van der Waals surface area (Å²) in [6.45, 7) is 1.31. The summed E-state index contributed by atoms with van der Waals surface area (Å²) >= 11 is 0. The van der Waals surface area contributed by atoms with Crippen LogP contribution in [-0.4, -0.2) is 36.0 Å². The maximum Gasteiger partial charge on any atom is 0.315 e. The molecule has 27 heavy (non-hydrogen) atoms. The number of primary amides is 1. The average Bonchev–Trinajstić information content (AvgIpc) is 2.68. The molecule has 0 aliphatic heterocycles. The molecule has 2 amide bonds. The summed E-state index contributed by atoms with van der Waals surface area (Å²) in [4.78, 5) is 35.6. The molecule has 7 heteroatoms. The van der Waals surface area contributed by atoms with Gasteiger partial charge < -0.3 is 20.9 Å². The van der Waals surface area contributed by atoms with E-state index in [0.29, 0.717) is 12.0 Å². The van der Waals surface area contributed by atoms with Crippen molar-refractivity contribution in [1.82, 2.24) is 5.32 Å². The van der Waals surface area contributed by atoms with Crippen LogP contribution >= 0.6 is 0 Å². The number of rotatable bonds is 9. The van der Waals surface area contributed by atoms with Crippen LogP contribution in [0.3, 0.4) is 0 Å². The van der Waals surface area contributed by atoms with E-state index < -0.39 is 23.2 Å². The number of benzene rings is 2. The summed E-state index contributed by atoms with van der Waals surface area (Å²) in [7, 11) is 0. The molecule has 1 atom stereocenters. The van der Waals surface area contributed by atoms with Gasteiger partial charge in [-0.2, -0.15) is 0 Å². The first kappa shape index (κ1) is 20.0. The van der Waals surface area contributed by atoms with Crippen LogP contribution in [0.15, 0.2) is 54.6 Å². The molecule has 0 radical (unpaired) electrons. The fourth-order valence-electron chi connectivity index (χ4n) is 2.79. The van der Waals surface area contributed by atoms with E-state index in [1.165, 1.54) is 6.07 Å². The Morgan fingerprint density at radius 3 is 2.30 bits per heavy atom. The predicted molar refractivity (Wildman–Crippen MR) is 99.5 cm³/mol. The van der Waals surface area contributed by atoms with E-state index in [9.17, 15) is 19.5 Å². The fraction of sp³-hybridized carbons (Fsp3) is 0.250. The van der Waals surface area contributed by atoms with E-state index in [2.05, 4.69) is 5.32 Å². The summed E-state index contributed by atoms with van der Waals surface area (Å²) in [6, 6.07) is 15.2. The Morgan fingerprint density at radius 1 is 1.07 bits per heavy atom. The number of hydrogen-bond acceptors (Lipinski definition) is 4. The number of carboxylic acids is 1. The van der Waals surface area contributed by atoms with E-state index >= 15 is 0 Å². The maximum atomic E-state index is 12.6. The standard InChI is InChI=1S/C20H22N2O5/c1-2-20(19(25)26,14-8-4-3-5-9-14)13-22-18(24)15-10-6-7-11-16(15)27-12-17(21)23/h3-11H,2,12-13H2,1H3,(H2,21,23)(H,22,24)(H,25,26). The molecule has 0 fully saturated rings. The normalized spacial score (nSPS) is 12.6. The fourth-order valence-corrected chi connectivity index (χ4v) is 2.79.